The zero-order valence-electron chi connectivity index (χ0n) is 26.5. The zero-order valence-corrected chi connectivity index (χ0v) is 27.3. The lowest BCUT2D eigenvalue weighted by atomic mass is 10.1. The van der Waals surface area contributed by atoms with Gasteiger partial charge in [0.15, 0.2) is 22.8 Å². The number of rotatable bonds is 16. The van der Waals surface area contributed by atoms with Gasteiger partial charge in [0.2, 0.25) is 0 Å². The molecule has 2 atom stereocenters. The van der Waals surface area contributed by atoms with Crippen LogP contribution in [-0.2, 0) is 24.1 Å². The lowest BCUT2D eigenvalue weighted by Crippen LogP contribution is -2.48. The molecule has 2 N–H and O–H groups in total. The first-order chi connectivity index (χ1) is 21.2. The topological polar surface area (TPSA) is 128 Å². The van der Waals surface area contributed by atoms with Gasteiger partial charge in [-0.2, -0.15) is 8.10 Å². The summed E-state index contributed by atoms with van der Waals surface area (Å²) in [7, 11) is 4.85. The van der Waals surface area contributed by atoms with Gasteiger partial charge in [-0.25, -0.2) is 9.50 Å². The SMILES string of the molecule is CCCCCCCc1nc(C)c2c(=O)[nH]c(-c3cc([N+](C)(CCc4ccc(OC)c(OC)c4)S(=O)O)ccc3OCC)nn12. The number of hydrogen-bond acceptors (Lipinski definition) is 7. The van der Waals surface area contributed by atoms with E-state index in [9.17, 15) is 13.6 Å². The molecular formula is C32H44N5O6S+. The molecule has 0 fully saturated rings. The first-order valence-corrected chi connectivity index (χ1v) is 16.2. The Labute approximate surface area is 261 Å². The molecule has 44 heavy (non-hydrogen) atoms. The summed E-state index contributed by atoms with van der Waals surface area (Å²) in [6.45, 7) is 6.57. The molecule has 12 heteroatoms. The fourth-order valence-corrected chi connectivity index (χ4v) is 5.90. The van der Waals surface area contributed by atoms with E-state index in [1.807, 2.05) is 32.0 Å². The van der Waals surface area contributed by atoms with Crippen LogP contribution in [0.15, 0.2) is 41.2 Å². The summed E-state index contributed by atoms with van der Waals surface area (Å²) in [5.41, 5.74) is 2.75. The molecule has 2 unspecified atom stereocenters. The van der Waals surface area contributed by atoms with Gasteiger partial charge in [0.05, 0.1) is 39.1 Å². The molecule has 0 aliphatic rings. The number of nitrogens with one attached hydrogen (secondary N) is 1. The van der Waals surface area contributed by atoms with Gasteiger partial charge < -0.3 is 19.2 Å². The van der Waals surface area contributed by atoms with Crippen LogP contribution < -0.4 is 23.7 Å². The predicted molar refractivity (Wildman–Crippen MR) is 174 cm³/mol. The number of quaternary nitrogens is 1. The number of nitrogens with zero attached hydrogens (tertiary/aromatic N) is 4. The Hall–Kier alpha value is -3.74. The molecule has 238 valence electrons. The van der Waals surface area contributed by atoms with Gasteiger partial charge in [-0.3, -0.25) is 9.35 Å². The summed E-state index contributed by atoms with van der Waals surface area (Å²) in [6, 6.07) is 10.9. The van der Waals surface area contributed by atoms with Crippen LogP contribution in [-0.4, -0.2) is 62.8 Å². The standard InChI is InChI=1S/C32H43N5O6S/c1-7-9-10-11-12-13-29-33-22(3)30-32(38)34-31(35-36(29)30)25-21-24(15-17-26(25)43-8-2)37(4,44(39)40)19-18-23-14-16-27(41-5)28(20-23)42-6/h14-17,20-21H,7-13,18-19H2,1-6H3,(H-,34,35,38,39,40)/p+1. The smallest absolute Gasteiger partial charge is 0.363 e. The van der Waals surface area contributed by atoms with Gasteiger partial charge in [-0.05, 0) is 44.0 Å². The molecule has 2 aromatic carbocycles. The highest BCUT2D eigenvalue weighted by molar-refractivity contribution is 7.78. The number of unbranched alkanes of at least 4 members (excludes halogenated alkanes) is 4. The van der Waals surface area contributed by atoms with Crippen LogP contribution in [0.2, 0.25) is 0 Å². The second-order valence-corrected chi connectivity index (χ2v) is 12.2. The molecule has 0 spiro atoms. The van der Waals surface area contributed by atoms with Crippen LogP contribution in [0.5, 0.6) is 17.2 Å². The van der Waals surface area contributed by atoms with Crippen LogP contribution in [0.1, 0.15) is 63.0 Å². The van der Waals surface area contributed by atoms with Crippen molar-refractivity contribution in [1.82, 2.24) is 23.5 Å². The van der Waals surface area contributed by atoms with Gasteiger partial charge >= 0.3 is 11.3 Å². The predicted octanol–water partition coefficient (Wildman–Crippen LogP) is 5.64. The number of hydrogen-bond donors (Lipinski definition) is 2. The van der Waals surface area contributed by atoms with Crippen molar-refractivity contribution in [3.8, 4) is 28.6 Å². The lowest BCUT2D eigenvalue weighted by Gasteiger charge is -2.29. The molecular weight excluding hydrogens is 582 g/mol. The Morgan fingerprint density at radius 2 is 1.70 bits per heavy atom. The first kappa shape index (κ1) is 33.2. The van der Waals surface area contributed by atoms with Gasteiger partial charge in [0.25, 0.3) is 5.56 Å². The highest BCUT2D eigenvalue weighted by atomic mass is 32.2. The van der Waals surface area contributed by atoms with Crippen molar-refractivity contribution in [1.29, 1.82) is 0 Å². The van der Waals surface area contributed by atoms with E-state index < -0.39 is 11.3 Å². The highest BCUT2D eigenvalue weighted by Gasteiger charge is 2.34. The fraction of sp³-hybridized carbons (Fsp3) is 0.469. The van der Waals surface area contributed by atoms with Crippen molar-refractivity contribution in [2.75, 3.05) is 34.4 Å². The number of fused-ring (bicyclic) bond motifs is 1. The number of aryl methyl sites for hydroxylation is 2. The normalized spacial score (nSPS) is 13.5. The Bertz CT molecular complexity index is 1670. The van der Waals surface area contributed by atoms with Crippen LogP contribution in [0, 0.1) is 6.92 Å². The summed E-state index contributed by atoms with van der Waals surface area (Å²) in [5.74, 6) is 2.75. The van der Waals surface area contributed by atoms with E-state index in [1.54, 1.807) is 44.0 Å². The highest BCUT2D eigenvalue weighted by Crippen LogP contribution is 2.35. The van der Waals surface area contributed by atoms with Crippen LogP contribution in [0.3, 0.4) is 0 Å². The average Bonchev–Trinajstić information content (AvgIpc) is 3.34. The molecule has 4 rings (SSSR count). The Morgan fingerprint density at radius 1 is 0.977 bits per heavy atom. The molecule has 2 aromatic heterocycles. The van der Waals surface area contributed by atoms with Crippen LogP contribution in [0.25, 0.3) is 16.9 Å². The number of likely N-dealkylation sites (N-methyl/N-ethyl adjacent to an activating group) is 1. The molecule has 0 radical (unpaired) electrons. The zero-order chi connectivity index (χ0) is 31.9. The monoisotopic (exact) mass is 626 g/mol. The Morgan fingerprint density at radius 3 is 2.39 bits per heavy atom. The Kier molecular flexibility index (Phi) is 11.2. The number of methoxy groups -OCH3 is 2. The van der Waals surface area contributed by atoms with Crippen LogP contribution >= 0.6 is 0 Å². The minimum atomic E-state index is -2.28. The van der Waals surface area contributed by atoms with Gasteiger partial charge in [0.1, 0.15) is 23.8 Å². The maximum Gasteiger partial charge on any atom is 0.363 e. The number of H-pyrrole nitrogens is 1. The summed E-state index contributed by atoms with van der Waals surface area (Å²) >= 11 is -2.28. The van der Waals surface area contributed by atoms with Gasteiger partial charge in [-0.1, -0.05) is 38.7 Å². The molecule has 0 aliphatic heterocycles. The average molecular weight is 627 g/mol. The number of ether oxygens (including phenoxy) is 3. The first-order valence-electron chi connectivity index (χ1n) is 15.1. The second-order valence-electron chi connectivity index (χ2n) is 10.9. The van der Waals surface area contributed by atoms with E-state index in [0.29, 0.717) is 71.5 Å². The van der Waals surface area contributed by atoms with Crippen molar-refractivity contribution in [2.45, 2.75) is 65.7 Å². The summed E-state index contributed by atoms with van der Waals surface area (Å²) < 4.78 is 41.5. The molecule has 0 bridgehead atoms. The molecule has 11 nitrogen and oxygen atoms in total. The van der Waals surface area contributed by atoms with E-state index in [-0.39, 0.29) is 9.45 Å². The number of aromatic nitrogens is 4. The van der Waals surface area contributed by atoms with E-state index in [0.717, 1.165) is 30.7 Å². The Balaban J connectivity index is 1.73. The maximum absolute atomic E-state index is 13.3. The quantitative estimate of drug-likeness (QED) is 0.0930. The van der Waals surface area contributed by atoms with E-state index >= 15 is 0 Å². The van der Waals surface area contributed by atoms with Crippen molar-refractivity contribution in [2.24, 2.45) is 0 Å². The number of benzene rings is 2. The minimum absolute atomic E-state index is 0.298. The largest absolute Gasteiger partial charge is 0.493 e. The van der Waals surface area contributed by atoms with Crippen molar-refractivity contribution < 1.29 is 23.0 Å². The summed E-state index contributed by atoms with van der Waals surface area (Å²) in [6.07, 6.45) is 6.78. The lowest BCUT2D eigenvalue weighted by molar-refractivity contribution is 0.341. The van der Waals surface area contributed by atoms with E-state index in [2.05, 4.69) is 16.9 Å². The number of aromatic amines is 1. The maximum atomic E-state index is 13.3. The molecule has 0 amide bonds. The fourth-order valence-electron chi connectivity index (χ4n) is 5.36. The molecule has 0 aliphatic carbocycles. The third-order valence-corrected chi connectivity index (χ3v) is 9.01. The second kappa shape index (κ2) is 14.8. The molecule has 0 saturated heterocycles. The van der Waals surface area contributed by atoms with Gasteiger partial charge in [-0.15, -0.1) is 5.10 Å². The summed E-state index contributed by atoms with van der Waals surface area (Å²) in [5, 5.41) is 4.83. The van der Waals surface area contributed by atoms with Crippen molar-refractivity contribution in [3.63, 3.8) is 0 Å². The molecule has 0 saturated carbocycles. The van der Waals surface area contributed by atoms with Crippen molar-refractivity contribution >= 4 is 22.5 Å². The minimum Gasteiger partial charge on any atom is -0.493 e. The molecule has 4 aromatic rings. The molecule has 2 heterocycles. The summed E-state index contributed by atoms with van der Waals surface area (Å²) in [4.78, 5) is 20.9. The van der Waals surface area contributed by atoms with E-state index in [1.165, 1.54) is 12.8 Å². The number of imidazole rings is 1. The third kappa shape index (κ3) is 7.14. The third-order valence-electron chi connectivity index (χ3n) is 7.93. The van der Waals surface area contributed by atoms with Gasteiger partial charge in [0, 0.05) is 25.0 Å². The van der Waals surface area contributed by atoms with E-state index in [4.69, 9.17) is 19.3 Å². The van der Waals surface area contributed by atoms with Crippen molar-refractivity contribution in [3.05, 3.63) is 63.8 Å². The van der Waals surface area contributed by atoms with Crippen LogP contribution in [0.4, 0.5) is 5.69 Å².